The Morgan fingerprint density at radius 3 is 2.75 bits per heavy atom. The van der Waals surface area contributed by atoms with Crippen molar-refractivity contribution in [3.05, 3.63) is 35.6 Å². The summed E-state index contributed by atoms with van der Waals surface area (Å²) in [6, 6.07) is 6.10. The molecule has 0 N–H and O–H groups in total. The predicted molar refractivity (Wildman–Crippen MR) is 59.2 cm³/mol. The summed E-state index contributed by atoms with van der Waals surface area (Å²) in [5.41, 5.74) is 0.677. The molecule has 0 saturated heterocycles. The fraction of sp³-hybridized carbons (Fsp3) is 0.417. The van der Waals surface area contributed by atoms with Crippen LogP contribution in [-0.2, 0) is 9.63 Å². The number of hydroxylamine groups is 2. The Kier molecular flexibility index (Phi) is 4.43. The molecule has 0 saturated carbocycles. The van der Waals surface area contributed by atoms with E-state index in [1.54, 1.807) is 19.2 Å². The van der Waals surface area contributed by atoms with Crippen LogP contribution in [0, 0.1) is 5.82 Å². The maximum atomic E-state index is 13.1. The topological polar surface area (TPSA) is 29.5 Å². The highest BCUT2D eigenvalue weighted by Crippen LogP contribution is 2.22. The summed E-state index contributed by atoms with van der Waals surface area (Å²) in [5, 5.41) is 1.17. The lowest BCUT2D eigenvalue weighted by atomic mass is 9.95. The first kappa shape index (κ1) is 12.6. The number of carbonyl (C=O) groups is 1. The van der Waals surface area contributed by atoms with E-state index in [-0.39, 0.29) is 17.6 Å². The van der Waals surface area contributed by atoms with Crippen molar-refractivity contribution in [1.29, 1.82) is 0 Å². The molecular formula is C12H16FNO2. The second kappa shape index (κ2) is 5.61. The molecule has 88 valence electrons. The van der Waals surface area contributed by atoms with Crippen molar-refractivity contribution in [2.45, 2.75) is 19.3 Å². The third-order valence-corrected chi connectivity index (χ3v) is 2.54. The van der Waals surface area contributed by atoms with Gasteiger partial charge in [0.05, 0.1) is 13.0 Å². The predicted octanol–water partition coefficient (Wildman–Crippen LogP) is 2.34. The van der Waals surface area contributed by atoms with Crippen LogP contribution in [0.2, 0.25) is 0 Å². The van der Waals surface area contributed by atoms with Crippen LogP contribution in [0.5, 0.6) is 0 Å². The Labute approximate surface area is 94.8 Å². The number of halogens is 1. The number of nitrogens with zero attached hydrogens (tertiary/aromatic N) is 1. The quantitative estimate of drug-likeness (QED) is 0.736. The van der Waals surface area contributed by atoms with E-state index in [4.69, 9.17) is 4.84 Å². The standard InChI is InChI=1S/C12H16FNO2/c1-4-11(12(15)14(2)16-3)9-6-5-7-10(13)8-9/h5-8,11H,4H2,1-3H3. The summed E-state index contributed by atoms with van der Waals surface area (Å²) in [6.07, 6.45) is 0.607. The van der Waals surface area contributed by atoms with Gasteiger partial charge in [-0.1, -0.05) is 19.1 Å². The number of amides is 1. The van der Waals surface area contributed by atoms with Gasteiger partial charge in [0, 0.05) is 7.05 Å². The zero-order valence-corrected chi connectivity index (χ0v) is 9.74. The smallest absolute Gasteiger partial charge is 0.253 e. The minimum absolute atomic E-state index is 0.171. The molecule has 0 aliphatic carbocycles. The summed E-state index contributed by atoms with van der Waals surface area (Å²) in [5.74, 6) is -0.861. The molecule has 1 aromatic carbocycles. The molecule has 1 aromatic rings. The minimum Gasteiger partial charge on any atom is -0.275 e. The van der Waals surface area contributed by atoms with Gasteiger partial charge in [-0.05, 0) is 24.1 Å². The molecule has 1 rings (SSSR count). The molecule has 0 radical (unpaired) electrons. The van der Waals surface area contributed by atoms with Crippen molar-refractivity contribution < 1.29 is 14.0 Å². The monoisotopic (exact) mass is 225 g/mol. The van der Waals surface area contributed by atoms with Crippen molar-refractivity contribution in [3.63, 3.8) is 0 Å². The number of likely N-dealkylation sites (N-methyl/N-ethyl adjacent to an activating group) is 1. The number of hydrogen-bond acceptors (Lipinski definition) is 2. The van der Waals surface area contributed by atoms with Gasteiger partial charge in [-0.3, -0.25) is 9.63 Å². The number of rotatable bonds is 4. The van der Waals surface area contributed by atoms with Crippen LogP contribution in [0.25, 0.3) is 0 Å². The molecule has 0 heterocycles. The second-order valence-corrected chi connectivity index (χ2v) is 3.53. The highest BCUT2D eigenvalue weighted by molar-refractivity contribution is 5.82. The fourth-order valence-electron chi connectivity index (χ4n) is 1.59. The maximum Gasteiger partial charge on any atom is 0.253 e. The Morgan fingerprint density at radius 1 is 1.56 bits per heavy atom. The molecule has 4 heteroatoms. The molecule has 0 aliphatic rings. The van der Waals surface area contributed by atoms with Gasteiger partial charge >= 0.3 is 0 Å². The van der Waals surface area contributed by atoms with Crippen molar-refractivity contribution in [2.75, 3.05) is 14.2 Å². The lowest BCUT2D eigenvalue weighted by molar-refractivity contribution is -0.170. The molecule has 0 spiro atoms. The molecule has 0 fully saturated rings. The van der Waals surface area contributed by atoms with Gasteiger partial charge in [0.15, 0.2) is 0 Å². The average molecular weight is 225 g/mol. The Balaban J connectivity index is 2.94. The summed E-state index contributed by atoms with van der Waals surface area (Å²) >= 11 is 0. The van der Waals surface area contributed by atoms with Gasteiger partial charge in [-0.25, -0.2) is 9.45 Å². The molecule has 16 heavy (non-hydrogen) atoms. The third-order valence-electron chi connectivity index (χ3n) is 2.54. The van der Waals surface area contributed by atoms with Gasteiger partial charge in [0.25, 0.3) is 5.91 Å². The van der Waals surface area contributed by atoms with Gasteiger partial charge < -0.3 is 0 Å². The average Bonchev–Trinajstić information content (AvgIpc) is 2.29. The van der Waals surface area contributed by atoms with Crippen molar-refractivity contribution in [1.82, 2.24) is 5.06 Å². The first-order chi connectivity index (χ1) is 7.60. The highest BCUT2D eigenvalue weighted by atomic mass is 19.1. The van der Waals surface area contributed by atoms with E-state index in [2.05, 4.69) is 0 Å². The molecule has 1 amide bonds. The second-order valence-electron chi connectivity index (χ2n) is 3.53. The van der Waals surface area contributed by atoms with E-state index >= 15 is 0 Å². The summed E-state index contributed by atoms with van der Waals surface area (Å²) in [7, 11) is 2.97. The van der Waals surface area contributed by atoms with Crippen LogP contribution in [0.4, 0.5) is 4.39 Å². The van der Waals surface area contributed by atoms with E-state index in [1.165, 1.54) is 24.3 Å². The van der Waals surface area contributed by atoms with Gasteiger partial charge in [0.1, 0.15) is 5.82 Å². The van der Waals surface area contributed by atoms with E-state index in [1.807, 2.05) is 6.92 Å². The van der Waals surface area contributed by atoms with Crippen LogP contribution in [0.1, 0.15) is 24.8 Å². The van der Waals surface area contributed by atoms with E-state index in [0.29, 0.717) is 12.0 Å². The minimum atomic E-state index is -0.361. The molecular weight excluding hydrogens is 209 g/mol. The Bertz CT molecular complexity index is 368. The molecule has 1 unspecified atom stereocenters. The maximum absolute atomic E-state index is 13.1. The third kappa shape index (κ3) is 2.79. The van der Waals surface area contributed by atoms with Crippen LogP contribution in [-0.4, -0.2) is 25.1 Å². The normalized spacial score (nSPS) is 12.2. The fourth-order valence-corrected chi connectivity index (χ4v) is 1.59. The summed E-state index contributed by atoms with van der Waals surface area (Å²) in [4.78, 5) is 16.7. The SMILES string of the molecule is CCC(C(=O)N(C)OC)c1cccc(F)c1. The van der Waals surface area contributed by atoms with Crippen LogP contribution in [0.3, 0.4) is 0 Å². The number of hydrogen-bond donors (Lipinski definition) is 0. The summed E-state index contributed by atoms with van der Waals surface area (Å²) < 4.78 is 13.1. The zero-order chi connectivity index (χ0) is 12.1. The number of carbonyl (C=O) groups excluding carboxylic acids is 1. The first-order valence-electron chi connectivity index (χ1n) is 5.17. The molecule has 0 bridgehead atoms. The van der Waals surface area contributed by atoms with Crippen LogP contribution < -0.4 is 0 Å². The Morgan fingerprint density at radius 2 is 2.25 bits per heavy atom. The van der Waals surface area contributed by atoms with Crippen molar-refractivity contribution in [2.24, 2.45) is 0 Å². The molecule has 3 nitrogen and oxygen atoms in total. The van der Waals surface area contributed by atoms with Gasteiger partial charge in [0.2, 0.25) is 0 Å². The lowest BCUT2D eigenvalue weighted by Gasteiger charge is -2.20. The van der Waals surface area contributed by atoms with E-state index in [9.17, 15) is 9.18 Å². The molecule has 0 aliphatic heterocycles. The van der Waals surface area contributed by atoms with E-state index in [0.717, 1.165) is 0 Å². The highest BCUT2D eigenvalue weighted by Gasteiger charge is 2.22. The largest absolute Gasteiger partial charge is 0.275 e. The molecule has 1 atom stereocenters. The Hall–Kier alpha value is -1.42. The van der Waals surface area contributed by atoms with Crippen molar-refractivity contribution >= 4 is 5.91 Å². The lowest BCUT2D eigenvalue weighted by Crippen LogP contribution is -2.30. The van der Waals surface area contributed by atoms with E-state index < -0.39 is 0 Å². The zero-order valence-electron chi connectivity index (χ0n) is 9.74. The van der Waals surface area contributed by atoms with Gasteiger partial charge in [-0.15, -0.1) is 0 Å². The summed E-state index contributed by atoms with van der Waals surface area (Å²) in [6.45, 7) is 1.89. The molecule has 0 aromatic heterocycles. The van der Waals surface area contributed by atoms with Gasteiger partial charge in [-0.2, -0.15) is 0 Å². The first-order valence-corrected chi connectivity index (χ1v) is 5.17. The van der Waals surface area contributed by atoms with Crippen LogP contribution >= 0.6 is 0 Å². The van der Waals surface area contributed by atoms with Crippen molar-refractivity contribution in [3.8, 4) is 0 Å². The number of benzene rings is 1. The van der Waals surface area contributed by atoms with Crippen LogP contribution in [0.15, 0.2) is 24.3 Å².